The Balaban J connectivity index is 1.33. The Bertz CT molecular complexity index is 1250. The lowest BCUT2D eigenvalue weighted by atomic mass is 9.90. The van der Waals surface area contributed by atoms with Gasteiger partial charge in [0.05, 0.1) is 5.52 Å². The predicted octanol–water partition coefficient (Wildman–Crippen LogP) is 6.26. The van der Waals surface area contributed by atoms with Gasteiger partial charge in [0.25, 0.3) is 0 Å². The number of nitrogens with one attached hydrogen (secondary N) is 2. The number of nitrogens with zero attached hydrogens (tertiary/aromatic N) is 3. The van der Waals surface area contributed by atoms with E-state index in [4.69, 9.17) is 11.6 Å². The molecule has 6 nitrogen and oxygen atoms in total. The number of fused-ring (bicyclic) bond motifs is 1. The van der Waals surface area contributed by atoms with Gasteiger partial charge in [-0.15, -0.1) is 0 Å². The molecular weight excluding hydrogens is 479 g/mol. The van der Waals surface area contributed by atoms with E-state index in [0.29, 0.717) is 41.3 Å². The fraction of sp³-hybridized carbons (Fsp3) is 0.400. The van der Waals surface area contributed by atoms with E-state index in [1.807, 2.05) is 12.1 Å². The summed E-state index contributed by atoms with van der Waals surface area (Å²) in [5.41, 5.74) is 0.519. The van der Waals surface area contributed by atoms with Crippen molar-refractivity contribution in [1.82, 2.24) is 9.97 Å². The molecule has 3 heterocycles. The molecule has 35 heavy (non-hydrogen) atoms. The number of anilines is 3. The monoisotopic (exact) mass is 503 g/mol. The number of hydrogen-bond donors (Lipinski definition) is 2. The standard InChI is InChI=1S/C25H25ClF3N5O/c26-15-6-7-20-19(11-15)21(14-22(33-20)25(27,28)29)31-16-3-1-4-17(12-16)32-23-13-18(8-9-30-23)34-10-2-5-24(34)35/h6-9,11,13-14,16-17H,1-5,10,12H2,(H,30,32)(H,31,33)/t16-,17+/m0/s1. The molecule has 5 rings (SSSR count). The first-order valence-electron chi connectivity index (χ1n) is 11.7. The fourth-order valence-electron chi connectivity index (χ4n) is 4.93. The lowest BCUT2D eigenvalue weighted by Crippen LogP contribution is -2.34. The Hall–Kier alpha value is -3.07. The van der Waals surface area contributed by atoms with E-state index in [1.165, 1.54) is 12.1 Å². The molecular formula is C25H25ClF3N5O. The molecule has 0 spiro atoms. The van der Waals surface area contributed by atoms with Crippen LogP contribution >= 0.6 is 11.6 Å². The van der Waals surface area contributed by atoms with Gasteiger partial charge in [-0.2, -0.15) is 13.2 Å². The van der Waals surface area contributed by atoms with Crippen molar-refractivity contribution in [2.45, 2.75) is 56.8 Å². The maximum Gasteiger partial charge on any atom is 0.433 e. The molecule has 2 N–H and O–H groups in total. The minimum absolute atomic E-state index is 0.0322. The number of amides is 1. The molecule has 1 aliphatic carbocycles. The van der Waals surface area contributed by atoms with Gasteiger partial charge in [0.2, 0.25) is 5.91 Å². The third-order valence-corrected chi connectivity index (χ3v) is 6.81. The summed E-state index contributed by atoms with van der Waals surface area (Å²) in [5, 5.41) is 7.78. The summed E-state index contributed by atoms with van der Waals surface area (Å²) in [6, 6.07) is 9.53. The van der Waals surface area contributed by atoms with Crippen LogP contribution in [-0.2, 0) is 11.0 Å². The minimum atomic E-state index is -4.55. The Morgan fingerprint density at radius 2 is 1.83 bits per heavy atom. The van der Waals surface area contributed by atoms with Crippen molar-refractivity contribution in [3.63, 3.8) is 0 Å². The molecule has 0 radical (unpaired) electrons. The van der Waals surface area contributed by atoms with Crippen LogP contribution in [0.3, 0.4) is 0 Å². The highest BCUT2D eigenvalue weighted by Crippen LogP contribution is 2.35. The van der Waals surface area contributed by atoms with Crippen LogP contribution in [-0.4, -0.2) is 34.5 Å². The van der Waals surface area contributed by atoms with Gasteiger partial charge in [0, 0.05) is 59.1 Å². The smallest absolute Gasteiger partial charge is 0.382 e. The van der Waals surface area contributed by atoms with Gasteiger partial charge in [0.1, 0.15) is 11.5 Å². The highest BCUT2D eigenvalue weighted by molar-refractivity contribution is 6.31. The second-order valence-electron chi connectivity index (χ2n) is 9.11. The van der Waals surface area contributed by atoms with Crippen molar-refractivity contribution in [2.24, 2.45) is 0 Å². The number of carbonyl (C=O) groups is 1. The summed E-state index contributed by atoms with van der Waals surface area (Å²) >= 11 is 6.13. The zero-order valence-corrected chi connectivity index (χ0v) is 19.7. The highest BCUT2D eigenvalue weighted by Gasteiger charge is 2.34. The number of halogens is 4. The van der Waals surface area contributed by atoms with Crippen molar-refractivity contribution in [2.75, 3.05) is 22.1 Å². The maximum absolute atomic E-state index is 13.5. The summed E-state index contributed by atoms with van der Waals surface area (Å²) in [4.78, 5) is 22.1. The Morgan fingerprint density at radius 1 is 1.03 bits per heavy atom. The van der Waals surface area contributed by atoms with Crippen LogP contribution in [0, 0.1) is 0 Å². The number of hydrogen-bond acceptors (Lipinski definition) is 5. The average molecular weight is 504 g/mol. The molecule has 2 aromatic heterocycles. The number of alkyl halides is 3. The van der Waals surface area contributed by atoms with Gasteiger partial charge in [-0.05, 0) is 62.4 Å². The molecule has 3 aromatic rings. The molecule has 1 aliphatic heterocycles. The summed E-state index contributed by atoms with van der Waals surface area (Å²) < 4.78 is 40.4. The fourth-order valence-corrected chi connectivity index (χ4v) is 5.10. The van der Waals surface area contributed by atoms with E-state index < -0.39 is 11.9 Å². The van der Waals surface area contributed by atoms with Crippen molar-refractivity contribution >= 4 is 45.6 Å². The molecule has 10 heteroatoms. The van der Waals surface area contributed by atoms with Crippen molar-refractivity contribution in [3.05, 3.63) is 53.3 Å². The van der Waals surface area contributed by atoms with Crippen LogP contribution in [0.15, 0.2) is 42.6 Å². The van der Waals surface area contributed by atoms with E-state index in [0.717, 1.165) is 37.4 Å². The summed E-state index contributed by atoms with van der Waals surface area (Å²) in [6.07, 6.45) is 1.93. The third-order valence-electron chi connectivity index (χ3n) is 6.58. The van der Waals surface area contributed by atoms with Crippen LogP contribution in [0.5, 0.6) is 0 Å². The molecule has 1 aromatic carbocycles. The Morgan fingerprint density at radius 3 is 2.57 bits per heavy atom. The lowest BCUT2D eigenvalue weighted by Gasteiger charge is -2.32. The zero-order chi connectivity index (χ0) is 24.6. The predicted molar refractivity (Wildman–Crippen MR) is 131 cm³/mol. The molecule has 1 amide bonds. The first kappa shape index (κ1) is 23.7. The van der Waals surface area contributed by atoms with Gasteiger partial charge in [-0.3, -0.25) is 4.79 Å². The molecule has 1 saturated heterocycles. The molecule has 2 atom stereocenters. The van der Waals surface area contributed by atoms with E-state index in [9.17, 15) is 18.0 Å². The highest BCUT2D eigenvalue weighted by atomic mass is 35.5. The lowest BCUT2D eigenvalue weighted by molar-refractivity contribution is -0.140. The second-order valence-corrected chi connectivity index (χ2v) is 9.55. The van der Waals surface area contributed by atoms with Gasteiger partial charge in [-0.25, -0.2) is 9.97 Å². The number of benzene rings is 1. The van der Waals surface area contributed by atoms with E-state index in [1.54, 1.807) is 17.2 Å². The average Bonchev–Trinajstić information content (AvgIpc) is 3.25. The number of aromatic nitrogens is 2. The zero-order valence-electron chi connectivity index (χ0n) is 18.9. The Labute approximate surface area is 205 Å². The van der Waals surface area contributed by atoms with E-state index >= 15 is 0 Å². The number of rotatable bonds is 5. The molecule has 2 aliphatic rings. The van der Waals surface area contributed by atoms with Crippen LogP contribution < -0.4 is 15.5 Å². The number of carbonyl (C=O) groups excluding carboxylic acids is 1. The molecule has 2 fully saturated rings. The van der Waals surface area contributed by atoms with Crippen LogP contribution in [0.1, 0.15) is 44.2 Å². The van der Waals surface area contributed by atoms with Crippen molar-refractivity contribution in [3.8, 4) is 0 Å². The first-order chi connectivity index (χ1) is 16.8. The second kappa shape index (κ2) is 9.53. The molecule has 0 unspecified atom stereocenters. The van der Waals surface area contributed by atoms with Gasteiger partial charge in [-0.1, -0.05) is 11.6 Å². The summed E-state index contributed by atoms with van der Waals surface area (Å²) in [7, 11) is 0. The van der Waals surface area contributed by atoms with Gasteiger partial charge >= 0.3 is 6.18 Å². The first-order valence-corrected chi connectivity index (χ1v) is 12.1. The Kier molecular flexibility index (Phi) is 6.44. The molecule has 184 valence electrons. The SMILES string of the molecule is O=C1CCCN1c1ccnc(N[C@@H]2CCC[C@H](Nc3cc(C(F)(F)F)nc4ccc(Cl)cc34)C2)c1. The van der Waals surface area contributed by atoms with Crippen LogP contribution in [0.2, 0.25) is 5.02 Å². The largest absolute Gasteiger partial charge is 0.433 e. The third kappa shape index (κ3) is 5.29. The topological polar surface area (TPSA) is 70.2 Å². The molecule has 1 saturated carbocycles. The normalized spacial score (nSPS) is 20.9. The number of pyridine rings is 2. The van der Waals surface area contributed by atoms with Gasteiger partial charge in [0.15, 0.2) is 0 Å². The van der Waals surface area contributed by atoms with Crippen molar-refractivity contribution < 1.29 is 18.0 Å². The van der Waals surface area contributed by atoms with Crippen LogP contribution in [0.25, 0.3) is 10.9 Å². The van der Waals surface area contributed by atoms with Gasteiger partial charge < -0.3 is 15.5 Å². The summed E-state index contributed by atoms with van der Waals surface area (Å²) in [6.45, 7) is 0.710. The molecule has 0 bridgehead atoms. The van der Waals surface area contributed by atoms with E-state index in [-0.39, 0.29) is 23.5 Å². The minimum Gasteiger partial charge on any atom is -0.382 e. The maximum atomic E-state index is 13.5. The quantitative estimate of drug-likeness (QED) is 0.430. The van der Waals surface area contributed by atoms with E-state index in [2.05, 4.69) is 20.6 Å². The van der Waals surface area contributed by atoms with Crippen LogP contribution in [0.4, 0.5) is 30.4 Å². The van der Waals surface area contributed by atoms with Crippen molar-refractivity contribution in [1.29, 1.82) is 0 Å². The summed E-state index contributed by atoms with van der Waals surface area (Å²) in [5.74, 6) is 0.806.